The second kappa shape index (κ2) is 5.67. The van der Waals surface area contributed by atoms with E-state index < -0.39 is 9.84 Å². The summed E-state index contributed by atoms with van der Waals surface area (Å²) in [5, 5.41) is 0. The molecule has 0 aliphatic heterocycles. The quantitative estimate of drug-likeness (QED) is 0.568. The Hall–Kier alpha value is -3.20. The van der Waals surface area contributed by atoms with Crippen LogP contribution in [0.1, 0.15) is 0 Å². The van der Waals surface area contributed by atoms with E-state index >= 15 is 0 Å². The van der Waals surface area contributed by atoms with Gasteiger partial charge in [-0.25, -0.2) is 18.4 Å². The maximum absolute atomic E-state index is 11.7. The molecule has 0 radical (unpaired) electrons. The molecular weight excluding hydrogens is 356 g/mol. The Balaban J connectivity index is 1.91. The van der Waals surface area contributed by atoms with Crippen LogP contribution in [0, 0.1) is 0 Å². The molecule has 0 fully saturated rings. The third-order valence-electron chi connectivity index (χ3n) is 4.03. The van der Waals surface area contributed by atoms with E-state index in [2.05, 4.69) is 19.9 Å². The number of hydrogen-bond donors (Lipinski definition) is 2. The number of hydrogen-bond acceptors (Lipinski definition) is 6. The van der Waals surface area contributed by atoms with Crippen LogP contribution in [0.25, 0.3) is 33.5 Å². The monoisotopic (exact) mass is 370 g/mol. The molecule has 26 heavy (non-hydrogen) atoms. The molecule has 9 heteroatoms. The van der Waals surface area contributed by atoms with E-state index in [1.165, 1.54) is 25.4 Å². The van der Waals surface area contributed by atoms with Crippen LogP contribution < -0.4 is 10.3 Å². The third kappa shape index (κ3) is 2.72. The number of aromatic amines is 2. The third-order valence-corrected chi connectivity index (χ3v) is 5.14. The van der Waals surface area contributed by atoms with Gasteiger partial charge in [0.2, 0.25) is 0 Å². The second-order valence-electron chi connectivity index (χ2n) is 5.85. The molecule has 0 aliphatic rings. The molecule has 8 nitrogen and oxygen atoms in total. The van der Waals surface area contributed by atoms with Gasteiger partial charge in [0.15, 0.2) is 9.84 Å². The van der Waals surface area contributed by atoms with Gasteiger partial charge in [-0.05, 0) is 30.3 Å². The summed E-state index contributed by atoms with van der Waals surface area (Å²) in [5.74, 6) is 0.914. The molecule has 2 N–H and O–H groups in total. The van der Waals surface area contributed by atoms with Crippen molar-refractivity contribution in [3.8, 4) is 17.1 Å². The summed E-state index contributed by atoms with van der Waals surface area (Å²) >= 11 is 0. The lowest BCUT2D eigenvalue weighted by Gasteiger charge is -2.08. The molecule has 0 unspecified atom stereocenters. The maximum Gasteiger partial charge on any atom is 0.266 e. The molecule has 4 aromatic rings. The summed E-state index contributed by atoms with van der Waals surface area (Å²) in [6, 6.07) is 8.14. The van der Waals surface area contributed by atoms with Gasteiger partial charge in [0, 0.05) is 6.26 Å². The standard InChI is InChI=1S/C17H14N4O4S/c1-25-15-5-9(26(2,23)24)3-4-10(15)17-20-13-6-11-12(7-14(13)21-17)19-16(22)8-18-11/h3-8H,1-2H3,(H,19,22)(H,20,21). The number of rotatable bonds is 3. The molecule has 2 aromatic heterocycles. The van der Waals surface area contributed by atoms with Gasteiger partial charge in [0.05, 0.1) is 45.8 Å². The largest absolute Gasteiger partial charge is 0.496 e. The molecule has 132 valence electrons. The number of aromatic nitrogens is 4. The Labute approximate surface area is 147 Å². The molecule has 4 rings (SSSR count). The Morgan fingerprint density at radius 2 is 1.81 bits per heavy atom. The number of nitrogens with zero attached hydrogens (tertiary/aromatic N) is 2. The molecule has 0 saturated heterocycles. The van der Waals surface area contributed by atoms with Crippen LogP contribution in [-0.2, 0) is 9.84 Å². The first kappa shape index (κ1) is 16.3. The average molecular weight is 370 g/mol. The number of H-pyrrole nitrogens is 2. The van der Waals surface area contributed by atoms with Crippen molar-refractivity contribution in [2.24, 2.45) is 0 Å². The lowest BCUT2D eigenvalue weighted by molar-refractivity contribution is 0.415. The maximum atomic E-state index is 11.7. The highest BCUT2D eigenvalue weighted by molar-refractivity contribution is 7.90. The van der Waals surface area contributed by atoms with E-state index in [0.29, 0.717) is 39.2 Å². The topological polar surface area (TPSA) is 118 Å². The predicted molar refractivity (Wildman–Crippen MR) is 97.1 cm³/mol. The summed E-state index contributed by atoms with van der Waals surface area (Å²) < 4.78 is 28.8. The SMILES string of the molecule is COc1cc(S(C)(=O)=O)ccc1-c1nc2cc3ncc(=O)[nH]c3cc2[nH]1. The van der Waals surface area contributed by atoms with Gasteiger partial charge in [0.1, 0.15) is 11.6 Å². The summed E-state index contributed by atoms with van der Waals surface area (Å²) in [7, 11) is -1.87. The summed E-state index contributed by atoms with van der Waals surface area (Å²) in [6.45, 7) is 0. The van der Waals surface area contributed by atoms with Crippen LogP contribution in [0.15, 0.2) is 46.2 Å². The van der Waals surface area contributed by atoms with Crippen molar-refractivity contribution in [3.63, 3.8) is 0 Å². The van der Waals surface area contributed by atoms with E-state index in [1.54, 1.807) is 18.2 Å². The first-order chi connectivity index (χ1) is 12.3. The highest BCUT2D eigenvalue weighted by atomic mass is 32.2. The van der Waals surface area contributed by atoms with Gasteiger partial charge in [-0.3, -0.25) is 4.79 Å². The minimum absolute atomic E-state index is 0.168. The normalized spacial score (nSPS) is 11.9. The van der Waals surface area contributed by atoms with Crippen molar-refractivity contribution in [3.05, 3.63) is 46.9 Å². The first-order valence-electron chi connectivity index (χ1n) is 7.62. The van der Waals surface area contributed by atoms with Crippen molar-refractivity contribution in [2.75, 3.05) is 13.4 Å². The zero-order chi connectivity index (χ0) is 18.5. The van der Waals surface area contributed by atoms with Gasteiger partial charge < -0.3 is 14.7 Å². The molecule has 0 amide bonds. The smallest absolute Gasteiger partial charge is 0.266 e. The van der Waals surface area contributed by atoms with Crippen molar-refractivity contribution < 1.29 is 13.2 Å². The van der Waals surface area contributed by atoms with Crippen LogP contribution in [0.2, 0.25) is 0 Å². The number of fused-ring (bicyclic) bond motifs is 2. The van der Waals surface area contributed by atoms with Crippen LogP contribution in [0.3, 0.4) is 0 Å². The number of nitrogens with one attached hydrogen (secondary N) is 2. The molecule has 0 aliphatic carbocycles. The molecule has 2 heterocycles. The molecule has 0 bridgehead atoms. The lowest BCUT2D eigenvalue weighted by atomic mass is 10.2. The van der Waals surface area contributed by atoms with Gasteiger partial charge in [0.25, 0.3) is 5.56 Å². The predicted octanol–water partition coefficient (Wildman–Crippen LogP) is 1.88. The molecule has 0 atom stereocenters. The van der Waals surface area contributed by atoms with E-state index in [-0.39, 0.29) is 10.5 Å². The fourth-order valence-electron chi connectivity index (χ4n) is 2.77. The molecule has 2 aromatic carbocycles. The van der Waals surface area contributed by atoms with Gasteiger partial charge in [-0.15, -0.1) is 0 Å². The van der Waals surface area contributed by atoms with E-state index in [4.69, 9.17) is 4.74 Å². The average Bonchev–Trinajstić information content (AvgIpc) is 3.00. The van der Waals surface area contributed by atoms with Crippen LogP contribution in [-0.4, -0.2) is 41.7 Å². The molecular formula is C17H14N4O4S. The Bertz CT molecular complexity index is 1320. The van der Waals surface area contributed by atoms with Crippen LogP contribution in [0.5, 0.6) is 5.75 Å². The first-order valence-corrected chi connectivity index (χ1v) is 9.51. The zero-order valence-corrected chi connectivity index (χ0v) is 14.7. The molecule has 0 spiro atoms. The number of ether oxygens (including phenoxy) is 1. The summed E-state index contributed by atoms with van der Waals surface area (Å²) in [4.78, 5) is 26.1. The fourth-order valence-corrected chi connectivity index (χ4v) is 3.41. The fraction of sp³-hybridized carbons (Fsp3) is 0.118. The minimum atomic E-state index is -3.34. The van der Waals surface area contributed by atoms with Crippen LogP contribution in [0.4, 0.5) is 0 Å². The summed E-state index contributed by atoms with van der Waals surface area (Å²) in [6.07, 6.45) is 2.36. The van der Waals surface area contributed by atoms with E-state index in [0.717, 1.165) is 6.26 Å². The van der Waals surface area contributed by atoms with Gasteiger partial charge in [-0.1, -0.05) is 0 Å². The second-order valence-corrected chi connectivity index (χ2v) is 7.87. The van der Waals surface area contributed by atoms with Crippen molar-refractivity contribution in [1.29, 1.82) is 0 Å². The zero-order valence-electron chi connectivity index (χ0n) is 13.9. The van der Waals surface area contributed by atoms with E-state index in [1.807, 2.05) is 0 Å². The number of methoxy groups -OCH3 is 1. The van der Waals surface area contributed by atoms with Gasteiger partial charge in [-0.2, -0.15) is 0 Å². The van der Waals surface area contributed by atoms with Crippen molar-refractivity contribution in [2.45, 2.75) is 4.90 Å². The van der Waals surface area contributed by atoms with Gasteiger partial charge >= 0.3 is 0 Å². The Kier molecular flexibility index (Phi) is 3.55. The minimum Gasteiger partial charge on any atom is -0.496 e. The number of benzene rings is 2. The highest BCUT2D eigenvalue weighted by Gasteiger charge is 2.15. The van der Waals surface area contributed by atoms with Crippen LogP contribution >= 0.6 is 0 Å². The Morgan fingerprint density at radius 1 is 1.04 bits per heavy atom. The van der Waals surface area contributed by atoms with Crippen molar-refractivity contribution >= 4 is 31.9 Å². The molecule has 0 saturated carbocycles. The highest BCUT2D eigenvalue weighted by Crippen LogP contribution is 2.32. The number of imidazole rings is 1. The van der Waals surface area contributed by atoms with E-state index in [9.17, 15) is 13.2 Å². The lowest BCUT2D eigenvalue weighted by Crippen LogP contribution is -2.04. The number of sulfone groups is 1. The van der Waals surface area contributed by atoms with Crippen molar-refractivity contribution in [1.82, 2.24) is 19.9 Å². The Morgan fingerprint density at radius 3 is 2.54 bits per heavy atom. The summed E-state index contributed by atoms with van der Waals surface area (Å²) in [5.41, 5.74) is 2.94.